The van der Waals surface area contributed by atoms with Crippen LogP contribution >= 0.6 is 34.8 Å². The number of nitrogens with one attached hydrogen (secondary N) is 1. The molecule has 2 unspecified atom stereocenters. The maximum Gasteiger partial charge on any atom is 0.269 e. The van der Waals surface area contributed by atoms with Crippen molar-refractivity contribution in [1.29, 1.82) is 0 Å². The lowest BCUT2D eigenvalue weighted by molar-refractivity contribution is -0.384. The first-order valence-corrected chi connectivity index (χ1v) is 6.96. The van der Waals surface area contributed by atoms with Crippen molar-refractivity contribution in [2.24, 2.45) is 0 Å². The molecule has 0 radical (unpaired) electrons. The van der Waals surface area contributed by atoms with Gasteiger partial charge in [-0.15, -0.1) is 0 Å². The molecule has 0 heterocycles. The van der Waals surface area contributed by atoms with E-state index in [0.717, 1.165) is 0 Å². The SMILES string of the molecule is O=C(NC(CO)C(O)c1ccc([N+](=O)[O-])cc1)C(Cl)=C(Cl)Cl. The van der Waals surface area contributed by atoms with Crippen LogP contribution in [0.2, 0.25) is 0 Å². The van der Waals surface area contributed by atoms with Crippen LogP contribution < -0.4 is 5.32 Å². The van der Waals surface area contributed by atoms with Crippen molar-refractivity contribution in [1.82, 2.24) is 5.32 Å². The first-order valence-electron chi connectivity index (χ1n) is 5.82. The number of carbonyl (C=O) groups excluding carboxylic acids is 1. The summed E-state index contributed by atoms with van der Waals surface area (Å²) in [5, 5.41) is 31.7. The summed E-state index contributed by atoms with van der Waals surface area (Å²) >= 11 is 16.3. The van der Waals surface area contributed by atoms with Crippen molar-refractivity contribution in [2.75, 3.05) is 6.61 Å². The molecule has 2 atom stereocenters. The van der Waals surface area contributed by atoms with Crippen LogP contribution in [0.15, 0.2) is 33.8 Å². The minimum absolute atomic E-state index is 0.152. The standard InChI is InChI=1S/C12H11Cl3N2O5/c13-9(11(14)15)12(20)16-8(5-18)10(19)6-1-3-7(4-2-6)17(21)22/h1-4,8,10,18-19H,5H2,(H,16,20). The molecule has 0 aromatic heterocycles. The first-order chi connectivity index (χ1) is 10.3. The van der Waals surface area contributed by atoms with Gasteiger partial charge in [-0.25, -0.2) is 0 Å². The summed E-state index contributed by atoms with van der Waals surface area (Å²) < 4.78 is -0.458. The zero-order valence-corrected chi connectivity index (χ0v) is 13.1. The van der Waals surface area contributed by atoms with Crippen LogP contribution in [0.5, 0.6) is 0 Å². The Morgan fingerprint density at radius 1 is 1.27 bits per heavy atom. The van der Waals surface area contributed by atoms with Crippen molar-refractivity contribution in [3.05, 3.63) is 49.5 Å². The maximum absolute atomic E-state index is 11.7. The molecule has 0 aliphatic carbocycles. The summed E-state index contributed by atoms with van der Waals surface area (Å²) in [5.74, 6) is -0.873. The molecule has 10 heteroatoms. The minimum atomic E-state index is -1.31. The van der Waals surface area contributed by atoms with E-state index in [-0.39, 0.29) is 11.3 Å². The van der Waals surface area contributed by atoms with Crippen molar-refractivity contribution in [2.45, 2.75) is 12.1 Å². The summed E-state index contributed by atoms with van der Waals surface area (Å²) in [6, 6.07) is 3.90. The molecular weight excluding hydrogens is 358 g/mol. The Kier molecular flexibility index (Phi) is 7.05. The van der Waals surface area contributed by atoms with Gasteiger partial charge >= 0.3 is 0 Å². The second-order valence-corrected chi connectivity index (χ2v) is 5.46. The fourth-order valence-corrected chi connectivity index (χ4v) is 1.79. The van der Waals surface area contributed by atoms with Crippen LogP contribution in [-0.2, 0) is 4.79 Å². The molecule has 0 aliphatic rings. The Morgan fingerprint density at radius 3 is 2.23 bits per heavy atom. The third-order valence-corrected chi connectivity index (χ3v) is 3.64. The number of aliphatic hydroxyl groups is 2. The van der Waals surface area contributed by atoms with Crippen LogP contribution in [-0.4, -0.2) is 33.7 Å². The topological polar surface area (TPSA) is 113 Å². The number of benzene rings is 1. The van der Waals surface area contributed by atoms with Gasteiger partial charge in [0, 0.05) is 12.1 Å². The van der Waals surface area contributed by atoms with Gasteiger partial charge in [0.1, 0.15) is 15.6 Å². The van der Waals surface area contributed by atoms with E-state index < -0.39 is 39.1 Å². The number of amides is 1. The van der Waals surface area contributed by atoms with Gasteiger partial charge in [-0.3, -0.25) is 14.9 Å². The van der Waals surface area contributed by atoms with E-state index in [1.807, 2.05) is 0 Å². The second kappa shape index (κ2) is 8.30. The molecule has 0 bridgehead atoms. The maximum atomic E-state index is 11.7. The van der Waals surface area contributed by atoms with Gasteiger partial charge in [-0.2, -0.15) is 0 Å². The van der Waals surface area contributed by atoms with Crippen molar-refractivity contribution in [3.8, 4) is 0 Å². The van der Waals surface area contributed by atoms with E-state index in [0.29, 0.717) is 0 Å². The smallest absolute Gasteiger partial charge is 0.269 e. The number of nitrogens with zero attached hydrogens (tertiary/aromatic N) is 1. The number of carbonyl (C=O) groups is 1. The fraction of sp³-hybridized carbons (Fsp3) is 0.250. The van der Waals surface area contributed by atoms with Crippen LogP contribution in [0.4, 0.5) is 5.69 Å². The summed E-state index contributed by atoms with van der Waals surface area (Å²) in [4.78, 5) is 21.6. The molecule has 0 saturated carbocycles. The average Bonchev–Trinajstić information content (AvgIpc) is 2.50. The zero-order valence-electron chi connectivity index (χ0n) is 10.9. The third-order valence-electron chi connectivity index (χ3n) is 2.71. The van der Waals surface area contributed by atoms with E-state index in [2.05, 4.69) is 5.32 Å². The lowest BCUT2D eigenvalue weighted by atomic mass is 10.0. The third kappa shape index (κ3) is 4.82. The van der Waals surface area contributed by atoms with Crippen LogP contribution in [0.1, 0.15) is 11.7 Å². The van der Waals surface area contributed by atoms with Crippen LogP contribution in [0.3, 0.4) is 0 Å². The lowest BCUT2D eigenvalue weighted by Gasteiger charge is -2.22. The Morgan fingerprint density at radius 2 is 1.82 bits per heavy atom. The highest BCUT2D eigenvalue weighted by molar-refractivity contribution is 6.62. The quantitative estimate of drug-likeness (QED) is 0.403. The molecule has 120 valence electrons. The molecule has 3 N–H and O–H groups in total. The highest BCUT2D eigenvalue weighted by Crippen LogP contribution is 2.22. The number of nitro benzene ring substituents is 1. The Balaban J connectivity index is 2.88. The monoisotopic (exact) mass is 368 g/mol. The molecule has 0 fully saturated rings. The van der Waals surface area contributed by atoms with E-state index in [1.165, 1.54) is 24.3 Å². The lowest BCUT2D eigenvalue weighted by Crippen LogP contribution is -2.42. The molecule has 1 aromatic carbocycles. The largest absolute Gasteiger partial charge is 0.394 e. The number of hydrogen-bond acceptors (Lipinski definition) is 5. The predicted octanol–water partition coefficient (Wildman–Crippen LogP) is 1.99. The predicted molar refractivity (Wildman–Crippen MR) is 81.7 cm³/mol. The summed E-state index contributed by atoms with van der Waals surface area (Å²) in [5.41, 5.74) is 0.113. The Hall–Kier alpha value is -1.38. The number of halogens is 3. The van der Waals surface area contributed by atoms with Crippen molar-refractivity contribution >= 4 is 46.4 Å². The van der Waals surface area contributed by atoms with Crippen molar-refractivity contribution < 1.29 is 19.9 Å². The number of non-ortho nitro benzene ring substituents is 1. The van der Waals surface area contributed by atoms with E-state index in [9.17, 15) is 25.1 Å². The van der Waals surface area contributed by atoms with Gasteiger partial charge in [0.15, 0.2) is 0 Å². The van der Waals surface area contributed by atoms with E-state index >= 15 is 0 Å². The second-order valence-electron chi connectivity index (χ2n) is 4.13. The molecule has 1 aromatic rings. The minimum Gasteiger partial charge on any atom is -0.394 e. The number of aliphatic hydroxyl groups excluding tert-OH is 2. The molecule has 7 nitrogen and oxygen atoms in total. The Bertz CT molecular complexity index is 587. The fourth-order valence-electron chi connectivity index (χ4n) is 1.57. The number of rotatable bonds is 6. The molecular formula is C12H11Cl3N2O5. The van der Waals surface area contributed by atoms with Crippen LogP contribution in [0, 0.1) is 10.1 Å². The zero-order chi connectivity index (χ0) is 16.9. The van der Waals surface area contributed by atoms with Gasteiger partial charge in [0.2, 0.25) is 0 Å². The van der Waals surface area contributed by atoms with Gasteiger partial charge in [-0.05, 0) is 17.7 Å². The normalized spacial score (nSPS) is 13.1. The first kappa shape index (κ1) is 18.7. The Labute approximate surface area is 140 Å². The molecule has 1 amide bonds. The van der Waals surface area contributed by atoms with Gasteiger partial charge in [0.25, 0.3) is 11.6 Å². The number of hydrogen-bond donors (Lipinski definition) is 3. The highest BCUT2D eigenvalue weighted by Gasteiger charge is 2.24. The highest BCUT2D eigenvalue weighted by atomic mass is 35.5. The van der Waals surface area contributed by atoms with E-state index in [1.54, 1.807) is 0 Å². The molecule has 0 aliphatic heterocycles. The molecule has 22 heavy (non-hydrogen) atoms. The number of nitro groups is 1. The molecule has 0 saturated heterocycles. The van der Waals surface area contributed by atoms with Crippen LogP contribution in [0.25, 0.3) is 0 Å². The van der Waals surface area contributed by atoms with E-state index in [4.69, 9.17) is 34.8 Å². The summed E-state index contributed by atoms with van der Waals surface area (Å²) in [6.45, 7) is -0.603. The summed E-state index contributed by atoms with van der Waals surface area (Å²) in [6.07, 6.45) is -1.31. The molecule has 1 rings (SSSR count). The molecule has 0 spiro atoms. The van der Waals surface area contributed by atoms with Crippen molar-refractivity contribution in [3.63, 3.8) is 0 Å². The average molecular weight is 370 g/mol. The van der Waals surface area contributed by atoms with Gasteiger partial charge in [-0.1, -0.05) is 34.8 Å². The summed E-state index contributed by atoms with van der Waals surface area (Å²) in [7, 11) is 0. The van der Waals surface area contributed by atoms with Gasteiger partial charge < -0.3 is 15.5 Å². The van der Waals surface area contributed by atoms with Gasteiger partial charge in [0.05, 0.1) is 17.6 Å².